The van der Waals surface area contributed by atoms with Gasteiger partial charge in [0, 0.05) is 13.1 Å². The lowest BCUT2D eigenvalue weighted by Gasteiger charge is -2.07. The highest BCUT2D eigenvalue weighted by Crippen LogP contribution is 2.08. The minimum atomic E-state index is 0.444. The molecule has 17 heavy (non-hydrogen) atoms. The quantitative estimate of drug-likeness (QED) is 0.824. The van der Waals surface area contributed by atoms with Gasteiger partial charge in [-0.25, -0.2) is 9.50 Å². The standard InChI is InChI=1S/C12H19N5/c1-9(2)5-6-14-11-3-4-12-15-10(7-13)8-17(12)16-11/h3-4,8-9H,5-7,13H2,1-2H3,(H,14,16). The highest BCUT2D eigenvalue weighted by molar-refractivity contribution is 5.45. The zero-order valence-electron chi connectivity index (χ0n) is 10.3. The van der Waals surface area contributed by atoms with Gasteiger partial charge in [0.05, 0.1) is 11.9 Å². The number of aromatic nitrogens is 3. The lowest BCUT2D eigenvalue weighted by Crippen LogP contribution is -2.07. The van der Waals surface area contributed by atoms with Crippen LogP contribution in [-0.2, 0) is 6.54 Å². The molecule has 0 bridgehead atoms. The number of nitrogens with one attached hydrogen (secondary N) is 1. The number of nitrogens with two attached hydrogens (primary N) is 1. The Morgan fingerprint density at radius 1 is 1.41 bits per heavy atom. The average Bonchev–Trinajstić information content (AvgIpc) is 2.70. The largest absolute Gasteiger partial charge is 0.369 e. The summed E-state index contributed by atoms with van der Waals surface area (Å²) >= 11 is 0. The van der Waals surface area contributed by atoms with Crippen molar-refractivity contribution in [2.24, 2.45) is 11.7 Å². The van der Waals surface area contributed by atoms with Gasteiger partial charge < -0.3 is 11.1 Å². The molecule has 2 aromatic heterocycles. The molecule has 0 aliphatic heterocycles. The number of anilines is 1. The summed E-state index contributed by atoms with van der Waals surface area (Å²) in [5.41, 5.74) is 7.24. The molecule has 0 aliphatic rings. The summed E-state index contributed by atoms with van der Waals surface area (Å²) in [4.78, 5) is 4.33. The van der Waals surface area contributed by atoms with Crippen LogP contribution in [0.15, 0.2) is 18.3 Å². The zero-order chi connectivity index (χ0) is 12.3. The van der Waals surface area contributed by atoms with E-state index in [1.54, 1.807) is 4.52 Å². The molecule has 0 aliphatic carbocycles. The van der Waals surface area contributed by atoms with Crippen LogP contribution >= 0.6 is 0 Å². The van der Waals surface area contributed by atoms with Crippen molar-refractivity contribution in [2.75, 3.05) is 11.9 Å². The summed E-state index contributed by atoms with van der Waals surface area (Å²) in [7, 11) is 0. The Balaban J connectivity index is 2.08. The summed E-state index contributed by atoms with van der Waals surface area (Å²) in [6.07, 6.45) is 3.00. The minimum absolute atomic E-state index is 0.444. The van der Waals surface area contributed by atoms with E-state index in [9.17, 15) is 0 Å². The second-order valence-corrected chi connectivity index (χ2v) is 4.57. The Kier molecular flexibility index (Phi) is 3.58. The summed E-state index contributed by atoms with van der Waals surface area (Å²) in [6.45, 7) is 5.80. The van der Waals surface area contributed by atoms with E-state index in [-0.39, 0.29) is 0 Å². The lowest BCUT2D eigenvalue weighted by molar-refractivity contribution is 0.606. The van der Waals surface area contributed by atoms with Crippen molar-refractivity contribution in [3.63, 3.8) is 0 Å². The van der Waals surface area contributed by atoms with Crippen molar-refractivity contribution >= 4 is 11.5 Å². The van der Waals surface area contributed by atoms with E-state index in [0.29, 0.717) is 12.5 Å². The predicted octanol–water partition coefficient (Wildman–Crippen LogP) is 1.65. The van der Waals surface area contributed by atoms with Crippen molar-refractivity contribution < 1.29 is 0 Å². The summed E-state index contributed by atoms with van der Waals surface area (Å²) in [5.74, 6) is 1.57. The van der Waals surface area contributed by atoms with E-state index >= 15 is 0 Å². The fourth-order valence-corrected chi connectivity index (χ4v) is 1.61. The van der Waals surface area contributed by atoms with Crippen molar-refractivity contribution in [2.45, 2.75) is 26.8 Å². The molecule has 0 atom stereocenters. The molecule has 92 valence electrons. The number of imidazole rings is 1. The SMILES string of the molecule is CC(C)CCNc1ccc2nc(CN)cn2n1. The maximum absolute atomic E-state index is 5.55. The molecule has 0 saturated heterocycles. The third-order valence-corrected chi connectivity index (χ3v) is 2.61. The van der Waals surface area contributed by atoms with Crippen LogP contribution in [0.3, 0.4) is 0 Å². The van der Waals surface area contributed by atoms with Gasteiger partial charge in [-0.05, 0) is 24.5 Å². The van der Waals surface area contributed by atoms with Gasteiger partial charge in [0.25, 0.3) is 0 Å². The third-order valence-electron chi connectivity index (χ3n) is 2.61. The molecule has 0 saturated carbocycles. The number of hydrogen-bond acceptors (Lipinski definition) is 4. The Hall–Kier alpha value is -1.62. The van der Waals surface area contributed by atoms with Gasteiger partial charge in [-0.1, -0.05) is 13.8 Å². The normalized spacial score (nSPS) is 11.3. The molecular formula is C12H19N5. The molecule has 2 rings (SSSR count). The van der Waals surface area contributed by atoms with Gasteiger partial charge >= 0.3 is 0 Å². The first kappa shape index (κ1) is 11.9. The van der Waals surface area contributed by atoms with Gasteiger partial charge in [0.1, 0.15) is 5.82 Å². The van der Waals surface area contributed by atoms with Gasteiger partial charge in [-0.3, -0.25) is 0 Å². The number of fused-ring (bicyclic) bond motifs is 1. The topological polar surface area (TPSA) is 68.2 Å². The molecule has 5 heteroatoms. The van der Waals surface area contributed by atoms with Crippen LogP contribution in [0, 0.1) is 5.92 Å². The zero-order valence-corrected chi connectivity index (χ0v) is 10.3. The van der Waals surface area contributed by atoms with Gasteiger partial charge in [0.2, 0.25) is 0 Å². The van der Waals surface area contributed by atoms with Crippen LogP contribution in [0.25, 0.3) is 5.65 Å². The predicted molar refractivity (Wildman–Crippen MR) is 68.8 cm³/mol. The summed E-state index contributed by atoms with van der Waals surface area (Å²) in [6, 6.07) is 3.90. The minimum Gasteiger partial charge on any atom is -0.369 e. The fourth-order valence-electron chi connectivity index (χ4n) is 1.61. The summed E-state index contributed by atoms with van der Waals surface area (Å²) < 4.78 is 1.76. The number of nitrogens with zero attached hydrogens (tertiary/aromatic N) is 3. The highest BCUT2D eigenvalue weighted by Gasteiger charge is 2.02. The maximum Gasteiger partial charge on any atom is 0.153 e. The first-order valence-electron chi connectivity index (χ1n) is 5.98. The van der Waals surface area contributed by atoms with Crippen molar-refractivity contribution in [3.8, 4) is 0 Å². The van der Waals surface area contributed by atoms with Crippen LogP contribution in [-0.4, -0.2) is 21.1 Å². The third kappa shape index (κ3) is 2.94. The van der Waals surface area contributed by atoms with E-state index < -0.39 is 0 Å². The van der Waals surface area contributed by atoms with Crippen LogP contribution in [0.4, 0.5) is 5.82 Å². The van der Waals surface area contributed by atoms with Crippen molar-refractivity contribution in [1.82, 2.24) is 14.6 Å². The van der Waals surface area contributed by atoms with E-state index in [2.05, 4.69) is 29.2 Å². The molecule has 0 fully saturated rings. The molecule has 2 heterocycles. The molecule has 0 radical (unpaired) electrons. The van der Waals surface area contributed by atoms with Crippen LogP contribution in [0.5, 0.6) is 0 Å². The van der Waals surface area contributed by atoms with Gasteiger partial charge in [0.15, 0.2) is 5.65 Å². The second-order valence-electron chi connectivity index (χ2n) is 4.57. The molecule has 2 aromatic rings. The molecule has 0 spiro atoms. The lowest BCUT2D eigenvalue weighted by atomic mass is 10.1. The van der Waals surface area contributed by atoms with Crippen LogP contribution < -0.4 is 11.1 Å². The Bertz CT molecular complexity index is 489. The molecule has 0 amide bonds. The van der Waals surface area contributed by atoms with Gasteiger partial charge in [-0.15, -0.1) is 5.10 Å². The molecular weight excluding hydrogens is 214 g/mol. The molecule has 5 nitrogen and oxygen atoms in total. The Morgan fingerprint density at radius 2 is 2.24 bits per heavy atom. The number of rotatable bonds is 5. The average molecular weight is 233 g/mol. The molecule has 0 aromatic carbocycles. The van der Waals surface area contributed by atoms with Crippen LogP contribution in [0.1, 0.15) is 26.0 Å². The van der Waals surface area contributed by atoms with E-state index in [0.717, 1.165) is 30.1 Å². The number of hydrogen-bond donors (Lipinski definition) is 2. The maximum atomic E-state index is 5.55. The highest BCUT2D eigenvalue weighted by atomic mass is 15.3. The second kappa shape index (κ2) is 5.14. The van der Waals surface area contributed by atoms with Crippen molar-refractivity contribution in [3.05, 3.63) is 24.0 Å². The van der Waals surface area contributed by atoms with E-state index in [4.69, 9.17) is 5.73 Å². The van der Waals surface area contributed by atoms with E-state index in [1.165, 1.54) is 0 Å². The van der Waals surface area contributed by atoms with Gasteiger partial charge in [-0.2, -0.15) is 0 Å². The summed E-state index contributed by atoms with van der Waals surface area (Å²) in [5, 5.41) is 7.73. The molecule has 0 unspecified atom stereocenters. The monoisotopic (exact) mass is 233 g/mol. The Morgan fingerprint density at radius 3 is 2.94 bits per heavy atom. The molecule has 3 N–H and O–H groups in total. The van der Waals surface area contributed by atoms with Crippen LogP contribution in [0.2, 0.25) is 0 Å². The first-order chi connectivity index (χ1) is 8.19. The smallest absolute Gasteiger partial charge is 0.153 e. The van der Waals surface area contributed by atoms with E-state index in [1.807, 2.05) is 18.3 Å². The fraction of sp³-hybridized carbons (Fsp3) is 0.500. The Labute approximate surface area is 101 Å². The first-order valence-corrected chi connectivity index (χ1v) is 5.98. The van der Waals surface area contributed by atoms with Crippen molar-refractivity contribution in [1.29, 1.82) is 0 Å².